The molecule has 1 aromatic rings. The van der Waals surface area contributed by atoms with Crippen LogP contribution >= 0.6 is 0 Å². The van der Waals surface area contributed by atoms with Gasteiger partial charge in [0.15, 0.2) is 0 Å². The molecule has 4 heteroatoms. The summed E-state index contributed by atoms with van der Waals surface area (Å²) < 4.78 is 13.1. The van der Waals surface area contributed by atoms with Gasteiger partial charge in [0.1, 0.15) is 0 Å². The third kappa shape index (κ3) is 3.40. The van der Waals surface area contributed by atoms with Crippen LogP contribution in [0.2, 0.25) is 14.8 Å². The Labute approximate surface area is 113 Å². The second-order valence-electron chi connectivity index (χ2n) is 5.70. The van der Waals surface area contributed by atoms with Crippen LogP contribution in [0.15, 0.2) is 13.3 Å². The van der Waals surface area contributed by atoms with Crippen molar-refractivity contribution in [3.8, 4) is 5.95 Å². The monoisotopic (exact) mass is 358 g/mol. The molecule has 0 amide bonds. The molecule has 0 saturated carbocycles. The van der Waals surface area contributed by atoms with Crippen LogP contribution in [0.4, 0.5) is 0 Å². The van der Waals surface area contributed by atoms with Gasteiger partial charge in [0.25, 0.3) is 0 Å². The molecular weight excluding hydrogens is 335 g/mol. The summed E-state index contributed by atoms with van der Waals surface area (Å²) in [5.74, 6) is 0.978. The van der Waals surface area contributed by atoms with Crippen LogP contribution in [0, 0.1) is 13.8 Å². The Balaban J connectivity index is 3.48. The molecule has 1 heterocycles. The van der Waals surface area contributed by atoms with Crippen molar-refractivity contribution in [2.75, 3.05) is 7.11 Å². The van der Waals surface area contributed by atoms with Crippen LogP contribution in [0.25, 0.3) is 5.57 Å². The van der Waals surface area contributed by atoms with E-state index in [1.165, 1.54) is 7.11 Å². The van der Waals surface area contributed by atoms with E-state index >= 15 is 0 Å². The zero-order valence-corrected chi connectivity index (χ0v) is 15.2. The van der Waals surface area contributed by atoms with E-state index in [1.54, 1.807) is 6.92 Å². The van der Waals surface area contributed by atoms with Crippen molar-refractivity contribution in [3.63, 3.8) is 0 Å². The minimum atomic E-state index is -2.06. The zero-order valence-electron chi connectivity index (χ0n) is 12.3. The molecule has 0 saturated heterocycles. The Bertz CT molecular complexity index is 533. The molecule has 1 rings (SSSR count). The molecule has 0 aliphatic rings. The molecule has 0 spiro atoms. The van der Waals surface area contributed by atoms with E-state index in [0.717, 1.165) is 5.57 Å². The maximum absolute atomic E-state index is 12.1. The fourth-order valence-corrected chi connectivity index (χ4v) is 6.09. The van der Waals surface area contributed by atoms with Crippen molar-refractivity contribution in [2.24, 2.45) is 0 Å². The average molecular weight is 357 g/mol. The van der Waals surface area contributed by atoms with Gasteiger partial charge in [-0.2, -0.15) is 0 Å². The molecule has 0 fully saturated rings. The third-order valence-corrected chi connectivity index (χ3v) is 6.42. The first-order valence-electron chi connectivity index (χ1n) is 6.05. The van der Waals surface area contributed by atoms with Crippen molar-refractivity contribution in [1.82, 2.24) is 0 Å². The molecule has 3 nitrogen and oxygen atoms in total. The van der Waals surface area contributed by atoms with Gasteiger partial charge in [-0.3, -0.25) is 0 Å². The summed E-state index contributed by atoms with van der Waals surface area (Å²) >= 11 is -2.06. The summed E-state index contributed by atoms with van der Waals surface area (Å²) in [5, 5.41) is 0. The average Bonchev–Trinajstić information content (AvgIpc) is 2.24. The van der Waals surface area contributed by atoms with E-state index in [-0.39, 0.29) is 5.43 Å². The van der Waals surface area contributed by atoms with Crippen LogP contribution in [-0.2, 0) is 0 Å². The van der Waals surface area contributed by atoms with Gasteiger partial charge >= 0.3 is 113 Å². The predicted octanol–water partition coefficient (Wildman–Crippen LogP) is 3.55. The van der Waals surface area contributed by atoms with E-state index < -0.39 is 18.4 Å². The molecule has 1 aromatic heterocycles. The standard InChI is InChI=1S/C11H13O3.3CH3.Sn/c1-6(2)10-7(3)9(12)8(4)11(13-5)14-10;;;;/h1H,2-5H3;3*1H3;. The van der Waals surface area contributed by atoms with Gasteiger partial charge < -0.3 is 0 Å². The summed E-state index contributed by atoms with van der Waals surface area (Å²) in [6, 6.07) is 0. The Kier molecular flexibility index (Phi) is 4.70. The van der Waals surface area contributed by atoms with E-state index in [9.17, 15) is 4.79 Å². The van der Waals surface area contributed by atoms with Crippen LogP contribution < -0.4 is 10.2 Å². The summed E-state index contributed by atoms with van der Waals surface area (Å²) in [6.45, 7) is 5.54. The molecule has 100 valence electrons. The van der Waals surface area contributed by atoms with Gasteiger partial charge in [0.2, 0.25) is 0 Å². The van der Waals surface area contributed by atoms with Crippen LogP contribution in [-0.4, -0.2) is 25.5 Å². The van der Waals surface area contributed by atoms with Crippen molar-refractivity contribution in [2.45, 2.75) is 35.6 Å². The molecule has 0 aliphatic heterocycles. The number of allylic oxidation sites excluding steroid dienone is 1. The first-order valence-corrected chi connectivity index (χ1v) is 16.3. The van der Waals surface area contributed by atoms with Crippen LogP contribution in [0.3, 0.4) is 0 Å². The molecule has 0 bridgehead atoms. The maximum atomic E-state index is 12.1. The molecule has 0 atom stereocenters. The van der Waals surface area contributed by atoms with E-state index in [2.05, 4.69) is 18.9 Å². The molecule has 0 aromatic carbocycles. The molecule has 0 unspecified atom stereocenters. The molecule has 0 aliphatic carbocycles. The number of hydrogen-bond donors (Lipinski definition) is 0. The summed E-state index contributed by atoms with van der Waals surface area (Å²) in [4.78, 5) is 19.0. The number of methoxy groups -OCH3 is 1. The third-order valence-electron chi connectivity index (χ3n) is 2.72. The summed E-state index contributed by atoms with van der Waals surface area (Å²) in [6.07, 6.45) is 0. The first kappa shape index (κ1) is 15.3. The molecule has 0 radical (unpaired) electrons. The summed E-state index contributed by atoms with van der Waals surface area (Å²) in [7, 11) is 1.52. The van der Waals surface area contributed by atoms with Crippen LogP contribution in [0.1, 0.15) is 23.8 Å². The second-order valence-corrected chi connectivity index (χ2v) is 20.0. The van der Waals surface area contributed by atoms with Gasteiger partial charge in [0.05, 0.1) is 0 Å². The quantitative estimate of drug-likeness (QED) is 0.777. The number of rotatable bonds is 3. The van der Waals surface area contributed by atoms with E-state index in [0.29, 0.717) is 22.8 Å². The van der Waals surface area contributed by atoms with Gasteiger partial charge in [-0.05, 0) is 0 Å². The minimum absolute atomic E-state index is 0.00459. The van der Waals surface area contributed by atoms with Crippen molar-refractivity contribution in [1.29, 1.82) is 0 Å². The molecular formula is C14H22O3Sn. The first-order chi connectivity index (χ1) is 8.17. The van der Waals surface area contributed by atoms with Crippen molar-refractivity contribution in [3.05, 3.63) is 31.2 Å². The van der Waals surface area contributed by atoms with Gasteiger partial charge in [-0.15, -0.1) is 0 Å². The SMILES string of the molecule is COc1oc(/C(C)=[CH]/[Sn]([CH3])([CH3])[CH3])c(C)c(=O)c1C. The Morgan fingerprint density at radius 1 is 1.22 bits per heavy atom. The Hall–Kier alpha value is -0.711. The number of ether oxygens (including phenoxy) is 1. The normalized spacial score (nSPS) is 12.7. The fourth-order valence-electron chi connectivity index (χ4n) is 2.01. The fraction of sp³-hybridized carbons (Fsp3) is 0.500. The van der Waals surface area contributed by atoms with Gasteiger partial charge in [-0.25, -0.2) is 0 Å². The number of hydrogen-bond acceptors (Lipinski definition) is 3. The Morgan fingerprint density at radius 2 is 1.78 bits per heavy atom. The zero-order chi connectivity index (χ0) is 14.1. The van der Waals surface area contributed by atoms with Crippen molar-refractivity contribution < 1.29 is 9.15 Å². The van der Waals surface area contributed by atoms with E-state index in [1.807, 2.05) is 13.8 Å². The summed E-state index contributed by atoms with van der Waals surface area (Å²) in [5.41, 5.74) is 2.25. The Morgan fingerprint density at radius 3 is 2.22 bits per heavy atom. The van der Waals surface area contributed by atoms with Crippen LogP contribution in [0.5, 0.6) is 5.95 Å². The van der Waals surface area contributed by atoms with E-state index in [4.69, 9.17) is 9.15 Å². The molecule has 0 N–H and O–H groups in total. The topological polar surface area (TPSA) is 39.4 Å². The van der Waals surface area contributed by atoms with Gasteiger partial charge in [-0.1, -0.05) is 0 Å². The molecule has 18 heavy (non-hydrogen) atoms. The van der Waals surface area contributed by atoms with Crippen molar-refractivity contribution >= 4 is 24.0 Å². The van der Waals surface area contributed by atoms with Gasteiger partial charge in [0, 0.05) is 0 Å². The second kappa shape index (κ2) is 5.51. The predicted molar refractivity (Wildman–Crippen MR) is 78.0 cm³/mol.